The van der Waals surface area contributed by atoms with Gasteiger partial charge in [0.15, 0.2) is 4.77 Å². The summed E-state index contributed by atoms with van der Waals surface area (Å²) in [7, 11) is -1.71. The normalized spacial score (nSPS) is 16.1. The van der Waals surface area contributed by atoms with Crippen molar-refractivity contribution in [1.82, 2.24) is 24.4 Å². The molecule has 2 heterocycles. The molecule has 1 saturated heterocycles. The third-order valence-corrected chi connectivity index (χ3v) is 7.82. The molecule has 29 heavy (non-hydrogen) atoms. The van der Waals surface area contributed by atoms with E-state index in [2.05, 4.69) is 15.5 Å². The average molecular weight is 438 g/mol. The van der Waals surface area contributed by atoms with Gasteiger partial charge in [0.1, 0.15) is 5.82 Å². The minimum atomic E-state index is -3.54. The SMILES string of the molecule is Cc1ccc(S(=O)(=O)N2CCC(C(=O)NCCc3n[nH]c(=S)n3C)CC2)c(C)c1. The van der Waals surface area contributed by atoms with E-state index in [0.717, 1.165) is 17.0 Å². The van der Waals surface area contributed by atoms with Gasteiger partial charge in [-0.1, -0.05) is 17.7 Å². The molecule has 0 bridgehead atoms. The third kappa shape index (κ3) is 4.76. The van der Waals surface area contributed by atoms with Gasteiger partial charge in [-0.2, -0.15) is 9.40 Å². The maximum atomic E-state index is 13.0. The Balaban J connectivity index is 1.53. The first kappa shape index (κ1) is 21.7. The molecule has 8 nitrogen and oxygen atoms in total. The zero-order valence-electron chi connectivity index (χ0n) is 16.9. The van der Waals surface area contributed by atoms with Gasteiger partial charge in [0.25, 0.3) is 0 Å². The maximum Gasteiger partial charge on any atom is 0.243 e. The van der Waals surface area contributed by atoms with E-state index in [4.69, 9.17) is 12.2 Å². The highest BCUT2D eigenvalue weighted by Gasteiger charge is 2.32. The predicted molar refractivity (Wildman–Crippen MR) is 113 cm³/mol. The van der Waals surface area contributed by atoms with Crippen LogP contribution < -0.4 is 5.32 Å². The van der Waals surface area contributed by atoms with E-state index < -0.39 is 10.0 Å². The Morgan fingerprint density at radius 1 is 1.31 bits per heavy atom. The number of aryl methyl sites for hydroxylation is 2. The highest BCUT2D eigenvalue weighted by molar-refractivity contribution is 7.89. The summed E-state index contributed by atoms with van der Waals surface area (Å²) in [6.45, 7) is 4.92. The van der Waals surface area contributed by atoms with Crippen LogP contribution in [0.1, 0.15) is 29.8 Å². The zero-order valence-corrected chi connectivity index (χ0v) is 18.6. The molecule has 0 atom stereocenters. The summed E-state index contributed by atoms with van der Waals surface area (Å²) in [5, 5.41) is 9.77. The fraction of sp³-hybridized carbons (Fsp3) is 0.526. The molecule has 10 heteroatoms. The Kier molecular flexibility index (Phi) is 6.55. The van der Waals surface area contributed by atoms with Crippen LogP contribution in [-0.4, -0.2) is 53.0 Å². The van der Waals surface area contributed by atoms with Crippen LogP contribution >= 0.6 is 12.2 Å². The van der Waals surface area contributed by atoms with Crippen LogP contribution in [-0.2, 0) is 28.3 Å². The Labute approximate surface area is 176 Å². The minimum Gasteiger partial charge on any atom is -0.355 e. The molecule has 3 rings (SSSR count). The van der Waals surface area contributed by atoms with Crippen LogP contribution in [0.4, 0.5) is 0 Å². The van der Waals surface area contributed by atoms with Crippen LogP contribution in [0.5, 0.6) is 0 Å². The van der Waals surface area contributed by atoms with E-state index in [1.54, 1.807) is 10.6 Å². The molecular formula is C19H27N5O3S2. The summed E-state index contributed by atoms with van der Waals surface area (Å²) < 4.78 is 29.7. The fourth-order valence-corrected chi connectivity index (χ4v) is 5.46. The summed E-state index contributed by atoms with van der Waals surface area (Å²) >= 11 is 5.07. The first-order valence-electron chi connectivity index (χ1n) is 9.65. The number of amides is 1. The molecule has 1 amide bonds. The van der Waals surface area contributed by atoms with Crippen molar-refractivity contribution in [3.63, 3.8) is 0 Å². The van der Waals surface area contributed by atoms with Gasteiger partial charge in [0, 0.05) is 39.0 Å². The summed E-state index contributed by atoms with van der Waals surface area (Å²) in [6, 6.07) is 5.36. The van der Waals surface area contributed by atoms with Gasteiger partial charge in [-0.3, -0.25) is 9.89 Å². The molecule has 2 N–H and O–H groups in total. The molecule has 0 saturated carbocycles. The van der Waals surface area contributed by atoms with Crippen molar-refractivity contribution >= 4 is 28.1 Å². The molecule has 1 aromatic heterocycles. The number of sulfonamides is 1. The number of benzene rings is 1. The number of aromatic amines is 1. The lowest BCUT2D eigenvalue weighted by atomic mass is 9.97. The quantitative estimate of drug-likeness (QED) is 0.672. The van der Waals surface area contributed by atoms with E-state index in [9.17, 15) is 13.2 Å². The van der Waals surface area contributed by atoms with E-state index in [1.165, 1.54) is 4.31 Å². The lowest BCUT2D eigenvalue weighted by Crippen LogP contribution is -2.43. The standard InChI is InChI=1S/C19H27N5O3S2/c1-13-4-5-16(14(2)12-13)29(26,27)24-10-7-15(8-11-24)18(25)20-9-6-17-21-22-19(28)23(17)3/h4-5,12,15H,6-11H2,1-3H3,(H,20,25)(H,22,28). The number of carbonyl (C=O) groups excluding carboxylic acids is 1. The minimum absolute atomic E-state index is 0.0367. The van der Waals surface area contributed by atoms with Crippen molar-refractivity contribution in [1.29, 1.82) is 0 Å². The summed E-state index contributed by atoms with van der Waals surface area (Å²) in [5.41, 5.74) is 1.78. The lowest BCUT2D eigenvalue weighted by Gasteiger charge is -2.31. The number of nitrogens with one attached hydrogen (secondary N) is 2. The molecule has 0 spiro atoms. The van der Waals surface area contributed by atoms with Gasteiger partial charge < -0.3 is 9.88 Å². The van der Waals surface area contributed by atoms with Gasteiger partial charge in [0.05, 0.1) is 4.90 Å². The van der Waals surface area contributed by atoms with Crippen molar-refractivity contribution in [3.05, 3.63) is 39.9 Å². The predicted octanol–water partition coefficient (Wildman–Crippen LogP) is 1.85. The topological polar surface area (TPSA) is 100 Å². The first-order chi connectivity index (χ1) is 13.7. The van der Waals surface area contributed by atoms with Gasteiger partial charge in [-0.15, -0.1) is 0 Å². The van der Waals surface area contributed by atoms with Crippen LogP contribution in [0.15, 0.2) is 23.1 Å². The monoisotopic (exact) mass is 437 g/mol. The summed E-state index contributed by atoms with van der Waals surface area (Å²) in [5.74, 6) is 0.568. The largest absolute Gasteiger partial charge is 0.355 e. The van der Waals surface area contributed by atoms with Gasteiger partial charge in [-0.25, -0.2) is 8.42 Å². The zero-order chi connectivity index (χ0) is 21.2. The van der Waals surface area contributed by atoms with Crippen molar-refractivity contribution in [2.45, 2.75) is 38.0 Å². The molecule has 1 aromatic carbocycles. The Morgan fingerprint density at radius 3 is 2.59 bits per heavy atom. The molecule has 158 valence electrons. The van der Waals surface area contributed by atoms with Crippen LogP contribution in [0.3, 0.4) is 0 Å². The Hall–Kier alpha value is -2.04. The number of aromatic nitrogens is 3. The average Bonchev–Trinajstić information content (AvgIpc) is 3.00. The summed E-state index contributed by atoms with van der Waals surface area (Å²) in [4.78, 5) is 12.8. The highest BCUT2D eigenvalue weighted by atomic mass is 32.2. The van der Waals surface area contributed by atoms with E-state index in [0.29, 0.717) is 48.6 Å². The van der Waals surface area contributed by atoms with E-state index in [-0.39, 0.29) is 11.8 Å². The number of hydrogen-bond acceptors (Lipinski definition) is 5. The Morgan fingerprint density at radius 2 is 2.00 bits per heavy atom. The summed E-state index contributed by atoms with van der Waals surface area (Å²) in [6.07, 6.45) is 1.61. The van der Waals surface area contributed by atoms with Crippen LogP contribution in [0.25, 0.3) is 0 Å². The first-order valence-corrected chi connectivity index (χ1v) is 11.5. The third-order valence-electron chi connectivity index (χ3n) is 5.39. The molecule has 0 radical (unpaired) electrons. The van der Waals surface area contributed by atoms with Crippen molar-refractivity contribution in [3.8, 4) is 0 Å². The molecule has 1 fully saturated rings. The highest BCUT2D eigenvalue weighted by Crippen LogP contribution is 2.26. The second-order valence-corrected chi connectivity index (χ2v) is 9.79. The Bertz CT molecular complexity index is 1050. The number of H-pyrrole nitrogens is 1. The molecule has 1 aliphatic rings. The van der Waals surface area contributed by atoms with Crippen molar-refractivity contribution in [2.75, 3.05) is 19.6 Å². The molecule has 2 aromatic rings. The lowest BCUT2D eigenvalue weighted by molar-refractivity contribution is -0.126. The fourth-order valence-electron chi connectivity index (χ4n) is 3.63. The smallest absolute Gasteiger partial charge is 0.243 e. The molecule has 0 aliphatic carbocycles. The maximum absolute atomic E-state index is 13.0. The molecule has 0 unspecified atom stereocenters. The van der Waals surface area contributed by atoms with E-state index in [1.807, 2.05) is 33.0 Å². The number of nitrogens with zero attached hydrogens (tertiary/aromatic N) is 3. The van der Waals surface area contributed by atoms with Gasteiger partial charge in [0.2, 0.25) is 15.9 Å². The van der Waals surface area contributed by atoms with Crippen molar-refractivity contribution < 1.29 is 13.2 Å². The van der Waals surface area contributed by atoms with Crippen molar-refractivity contribution in [2.24, 2.45) is 13.0 Å². The van der Waals surface area contributed by atoms with Gasteiger partial charge >= 0.3 is 0 Å². The van der Waals surface area contributed by atoms with Crippen LogP contribution in [0, 0.1) is 24.5 Å². The molecular weight excluding hydrogens is 410 g/mol. The van der Waals surface area contributed by atoms with Gasteiger partial charge in [-0.05, 0) is 50.5 Å². The number of rotatable bonds is 6. The number of carbonyl (C=O) groups is 1. The number of piperidine rings is 1. The van der Waals surface area contributed by atoms with Crippen LogP contribution in [0.2, 0.25) is 0 Å². The van der Waals surface area contributed by atoms with E-state index >= 15 is 0 Å². The number of hydrogen-bond donors (Lipinski definition) is 2. The second kappa shape index (κ2) is 8.76. The second-order valence-electron chi connectivity index (χ2n) is 7.49. The molecule has 1 aliphatic heterocycles.